The van der Waals surface area contributed by atoms with Crippen LogP contribution in [0.25, 0.3) is 0 Å². The van der Waals surface area contributed by atoms with Gasteiger partial charge in [-0.05, 0) is 61.3 Å². The van der Waals surface area contributed by atoms with Crippen LogP contribution in [0.2, 0.25) is 0 Å². The average Bonchev–Trinajstić information content (AvgIpc) is 3.14. The number of nitrogens with zero attached hydrogens (tertiary/aromatic N) is 2. The summed E-state index contributed by atoms with van der Waals surface area (Å²) in [6.07, 6.45) is 7.20. The number of benzene rings is 2. The number of aryl methyl sites for hydroxylation is 1. The minimum atomic E-state index is -3.42. The molecule has 0 aromatic heterocycles. The van der Waals surface area contributed by atoms with Crippen LogP contribution >= 0.6 is 0 Å². The monoisotopic (exact) mass is 454 g/mol. The molecule has 0 saturated carbocycles. The van der Waals surface area contributed by atoms with Crippen molar-refractivity contribution in [2.45, 2.75) is 62.2 Å². The Balaban J connectivity index is 1.27. The number of rotatable bonds is 6. The van der Waals surface area contributed by atoms with Gasteiger partial charge in [-0.15, -0.1) is 0 Å². The molecule has 2 fully saturated rings. The average molecular weight is 455 g/mol. The lowest BCUT2D eigenvalue weighted by molar-refractivity contribution is -0.132. The molecular formula is C26H34N2O3S. The van der Waals surface area contributed by atoms with E-state index in [0.29, 0.717) is 36.7 Å². The van der Waals surface area contributed by atoms with Crippen LogP contribution in [0.3, 0.4) is 0 Å². The maximum atomic E-state index is 12.9. The Morgan fingerprint density at radius 3 is 2.06 bits per heavy atom. The molecule has 0 aliphatic carbocycles. The van der Waals surface area contributed by atoms with Crippen LogP contribution in [0.4, 0.5) is 0 Å². The van der Waals surface area contributed by atoms with Gasteiger partial charge in [0.25, 0.3) is 0 Å². The number of hydrogen-bond donors (Lipinski definition) is 0. The van der Waals surface area contributed by atoms with Crippen LogP contribution in [0.15, 0.2) is 59.5 Å². The van der Waals surface area contributed by atoms with E-state index in [9.17, 15) is 13.2 Å². The van der Waals surface area contributed by atoms with E-state index in [1.54, 1.807) is 16.4 Å². The van der Waals surface area contributed by atoms with E-state index in [2.05, 4.69) is 24.3 Å². The second-order valence-electron chi connectivity index (χ2n) is 9.03. The van der Waals surface area contributed by atoms with Gasteiger partial charge in [-0.1, -0.05) is 55.3 Å². The summed E-state index contributed by atoms with van der Waals surface area (Å²) in [5, 5.41) is 0. The van der Waals surface area contributed by atoms with Crippen molar-refractivity contribution in [3.05, 3.63) is 65.7 Å². The van der Waals surface area contributed by atoms with E-state index in [1.165, 1.54) is 5.56 Å². The van der Waals surface area contributed by atoms with E-state index in [4.69, 9.17) is 0 Å². The lowest BCUT2D eigenvalue weighted by atomic mass is 9.89. The van der Waals surface area contributed by atoms with Crippen LogP contribution < -0.4 is 0 Å². The lowest BCUT2D eigenvalue weighted by Gasteiger charge is -2.32. The third kappa shape index (κ3) is 5.59. The Morgan fingerprint density at radius 2 is 1.44 bits per heavy atom. The summed E-state index contributed by atoms with van der Waals surface area (Å²) in [5.41, 5.74) is 2.38. The number of piperidine rings is 1. The summed E-state index contributed by atoms with van der Waals surface area (Å²) in [4.78, 5) is 15.0. The fourth-order valence-electron chi connectivity index (χ4n) is 4.86. The van der Waals surface area contributed by atoms with Crippen molar-refractivity contribution < 1.29 is 13.2 Å². The Labute approximate surface area is 192 Å². The SMILES string of the molecule is O=C(CCc1ccc(S(=O)(=O)N2CCCCCC2)cc1)N1CCC(c2ccccc2)CC1. The first-order valence-electron chi connectivity index (χ1n) is 12.0. The van der Waals surface area contributed by atoms with Crippen LogP contribution in [0, 0.1) is 0 Å². The standard InChI is InChI=1S/C26H34N2O3S/c29-26(27-20-16-24(17-21-27)23-8-4-3-5-9-23)15-12-22-10-13-25(14-11-22)32(30,31)28-18-6-1-2-7-19-28/h3-5,8-11,13-14,24H,1-2,6-7,12,15-21H2. The zero-order valence-electron chi connectivity index (χ0n) is 18.8. The Morgan fingerprint density at radius 1 is 0.812 bits per heavy atom. The summed E-state index contributed by atoms with van der Waals surface area (Å²) in [7, 11) is -3.42. The first-order chi connectivity index (χ1) is 15.5. The summed E-state index contributed by atoms with van der Waals surface area (Å²) >= 11 is 0. The van der Waals surface area contributed by atoms with Crippen LogP contribution in [0.5, 0.6) is 0 Å². The first kappa shape index (κ1) is 23.0. The van der Waals surface area contributed by atoms with Crippen LogP contribution in [-0.4, -0.2) is 49.7 Å². The molecule has 2 saturated heterocycles. The predicted molar refractivity (Wildman–Crippen MR) is 127 cm³/mol. The number of likely N-dealkylation sites (tertiary alicyclic amines) is 1. The van der Waals surface area contributed by atoms with E-state index < -0.39 is 10.0 Å². The Hall–Kier alpha value is -2.18. The Bertz CT molecular complexity index is 973. The molecule has 0 unspecified atom stereocenters. The molecule has 1 amide bonds. The largest absolute Gasteiger partial charge is 0.343 e. The van der Waals surface area contributed by atoms with Gasteiger partial charge >= 0.3 is 0 Å². The maximum Gasteiger partial charge on any atom is 0.243 e. The van der Waals surface area contributed by atoms with Crippen molar-refractivity contribution in [2.24, 2.45) is 0 Å². The van der Waals surface area contributed by atoms with Crippen molar-refractivity contribution in [3.8, 4) is 0 Å². The number of sulfonamides is 1. The van der Waals surface area contributed by atoms with Gasteiger partial charge in [-0.3, -0.25) is 4.79 Å². The van der Waals surface area contributed by atoms with Crippen LogP contribution in [0.1, 0.15) is 62.0 Å². The number of amides is 1. The third-order valence-corrected chi connectivity index (χ3v) is 8.79. The van der Waals surface area contributed by atoms with Crippen molar-refractivity contribution in [2.75, 3.05) is 26.2 Å². The van der Waals surface area contributed by atoms with Gasteiger partial charge in [0.2, 0.25) is 15.9 Å². The quantitative estimate of drug-likeness (QED) is 0.641. The number of hydrogen-bond acceptors (Lipinski definition) is 3. The molecule has 5 nitrogen and oxygen atoms in total. The molecule has 2 aliphatic heterocycles. The Kier molecular flexibility index (Phi) is 7.63. The molecule has 172 valence electrons. The van der Waals surface area contributed by atoms with E-state index in [-0.39, 0.29) is 5.91 Å². The highest BCUT2D eigenvalue weighted by Gasteiger charge is 2.25. The topological polar surface area (TPSA) is 57.7 Å². The number of carbonyl (C=O) groups excluding carboxylic acids is 1. The smallest absolute Gasteiger partial charge is 0.243 e. The highest BCUT2D eigenvalue weighted by Crippen LogP contribution is 2.28. The second-order valence-corrected chi connectivity index (χ2v) is 11.0. The van der Waals surface area contributed by atoms with Gasteiger partial charge in [0.15, 0.2) is 0 Å². The lowest BCUT2D eigenvalue weighted by Crippen LogP contribution is -2.38. The van der Waals surface area contributed by atoms with Crippen molar-refractivity contribution in [1.82, 2.24) is 9.21 Å². The van der Waals surface area contributed by atoms with E-state index >= 15 is 0 Å². The third-order valence-electron chi connectivity index (χ3n) is 6.87. The molecular weight excluding hydrogens is 420 g/mol. The van der Waals surface area contributed by atoms with Gasteiger partial charge in [0.1, 0.15) is 0 Å². The summed E-state index contributed by atoms with van der Waals surface area (Å²) in [5.74, 6) is 0.733. The maximum absolute atomic E-state index is 12.9. The van der Waals surface area contributed by atoms with E-state index in [1.807, 2.05) is 23.1 Å². The molecule has 6 heteroatoms. The summed E-state index contributed by atoms with van der Waals surface area (Å²) in [6, 6.07) is 17.7. The normalized spacial score (nSPS) is 18.9. The zero-order chi connectivity index (χ0) is 22.4. The first-order valence-corrected chi connectivity index (χ1v) is 13.4. The number of carbonyl (C=O) groups is 1. The summed E-state index contributed by atoms with van der Waals surface area (Å²) in [6.45, 7) is 2.84. The molecule has 32 heavy (non-hydrogen) atoms. The van der Waals surface area contributed by atoms with Crippen molar-refractivity contribution >= 4 is 15.9 Å². The van der Waals surface area contributed by atoms with Gasteiger partial charge < -0.3 is 4.90 Å². The van der Waals surface area contributed by atoms with Gasteiger partial charge in [0, 0.05) is 32.6 Å². The molecule has 2 aromatic rings. The zero-order valence-corrected chi connectivity index (χ0v) is 19.6. The predicted octanol–water partition coefficient (Wildman–Crippen LogP) is 4.59. The van der Waals surface area contributed by atoms with Gasteiger partial charge in [-0.25, -0.2) is 8.42 Å². The second kappa shape index (κ2) is 10.6. The van der Waals surface area contributed by atoms with Gasteiger partial charge in [0.05, 0.1) is 4.90 Å². The summed E-state index contributed by atoms with van der Waals surface area (Å²) < 4.78 is 27.5. The minimum Gasteiger partial charge on any atom is -0.343 e. The highest BCUT2D eigenvalue weighted by molar-refractivity contribution is 7.89. The molecule has 0 N–H and O–H groups in total. The molecule has 2 aromatic carbocycles. The fourth-order valence-corrected chi connectivity index (χ4v) is 6.37. The van der Waals surface area contributed by atoms with Gasteiger partial charge in [-0.2, -0.15) is 4.31 Å². The minimum absolute atomic E-state index is 0.192. The molecule has 0 spiro atoms. The molecule has 2 heterocycles. The molecule has 2 aliphatic rings. The highest BCUT2D eigenvalue weighted by atomic mass is 32.2. The molecule has 0 atom stereocenters. The molecule has 0 bridgehead atoms. The molecule has 4 rings (SSSR count). The van der Waals surface area contributed by atoms with E-state index in [0.717, 1.165) is 57.2 Å². The van der Waals surface area contributed by atoms with Crippen molar-refractivity contribution in [1.29, 1.82) is 0 Å². The fraction of sp³-hybridized carbons (Fsp3) is 0.500. The van der Waals surface area contributed by atoms with Crippen molar-refractivity contribution in [3.63, 3.8) is 0 Å². The molecule has 0 radical (unpaired) electrons. The van der Waals surface area contributed by atoms with Crippen LogP contribution in [-0.2, 0) is 21.2 Å².